The molecule has 10 heteroatoms. The number of likely N-dealkylation sites (tertiary alicyclic amines) is 1. The second kappa shape index (κ2) is 12.0. The lowest BCUT2D eigenvalue weighted by Gasteiger charge is -2.37. The number of benzene rings is 1. The molecule has 1 saturated heterocycles. The van der Waals surface area contributed by atoms with E-state index in [1.807, 2.05) is 19.1 Å². The minimum absolute atomic E-state index is 0.217. The van der Waals surface area contributed by atoms with Gasteiger partial charge in [-0.1, -0.05) is 24.9 Å². The van der Waals surface area contributed by atoms with E-state index in [-0.39, 0.29) is 6.10 Å². The summed E-state index contributed by atoms with van der Waals surface area (Å²) in [6.45, 7) is 6.83. The Hall–Kier alpha value is -3.66. The lowest BCUT2D eigenvalue weighted by Crippen LogP contribution is -2.53. The van der Waals surface area contributed by atoms with Crippen molar-refractivity contribution in [3.63, 3.8) is 0 Å². The molecule has 39 heavy (non-hydrogen) atoms. The van der Waals surface area contributed by atoms with Gasteiger partial charge in [0.25, 0.3) is 5.89 Å². The van der Waals surface area contributed by atoms with Crippen molar-refractivity contribution in [1.82, 2.24) is 20.0 Å². The lowest BCUT2D eigenvalue weighted by molar-refractivity contribution is -0.0340. The molecule has 2 aliphatic rings. The molecule has 0 spiro atoms. The number of carboxylic acid groups (broad SMARTS) is 1. The molecule has 2 fully saturated rings. The molecule has 1 aromatic carbocycles. The van der Waals surface area contributed by atoms with Crippen LogP contribution in [0.15, 0.2) is 28.8 Å². The quantitative estimate of drug-likeness (QED) is 0.249. The van der Waals surface area contributed by atoms with Gasteiger partial charge in [-0.3, -0.25) is 4.90 Å². The highest BCUT2D eigenvalue weighted by molar-refractivity contribution is 5.64. The van der Waals surface area contributed by atoms with Crippen molar-refractivity contribution in [3.05, 3.63) is 41.1 Å². The van der Waals surface area contributed by atoms with E-state index in [1.165, 1.54) is 12.8 Å². The van der Waals surface area contributed by atoms with E-state index in [0.717, 1.165) is 65.9 Å². The topological polar surface area (TPSA) is 120 Å². The summed E-state index contributed by atoms with van der Waals surface area (Å²) in [5.41, 5.74) is 4.83. The SMILES string of the molecule is CCc1cc(-c2noc(-c3cc(OC)nc(C4CCCC4)c3)n2)cc(C)c1OCCCN1CC(OC(=O)O)C1. The lowest BCUT2D eigenvalue weighted by atomic mass is 10.0. The molecule has 0 bridgehead atoms. The number of methoxy groups -OCH3 is 1. The third-order valence-electron chi connectivity index (χ3n) is 7.52. The van der Waals surface area contributed by atoms with Gasteiger partial charge in [0.1, 0.15) is 11.9 Å². The molecule has 0 unspecified atom stereocenters. The van der Waals surface area contributed by atoms with Crippen molar-refractivity contribution in [2.24, 2.45) is 0 Å². The van der Waals surface area contributed by atoms with Gasteiger partial charge >= 0.3 is 6.16 Å². The van der Waals surface area contributed by atoms with E-state index < -0.39 is 6.16 Å². The van der Waals surface area contributed by atoms with Gasteiger partial charge in [0.2, 0.25) is 11.7 Å². The van der Waals surface area contributed by atoms with Gasteiger partial charge in [0.05, 0.1) is 13.7 Å². The maximum absolute atomic E-state index is 10.6. The Balaban J connectivity index is 1.25. The Kier molecular flexibility index (Phi) is 8.30. The summed E-state index contributed by atoms with van der Waals surface area (Å²) >= 11 is 0. The number of aryl methyl sites for hydroxylation is 2. The zero-order valence-corrected chi connectivity index (χ0v) is 22.8. The van der Waals surface area contributed by atoms with Gasteiger partial charge in [-0.05, 0) is 61.9 Å². The van der Waals surface area contributed by atoms with Crippen molar-refractivity contribution in [1.29, 1.82) is 0 Å². The second-order valence-corrected chi connectivity index (χ2v) is 10.3. The molecule has 0 radical (unpaired) electrons. The maximum Gasteiger partial charge on any atom is 0.506 e. The van der Waals surface area contributed by atoms with E-state index in [0.29, 0.717) is 43.2 Å². The predicted octanol–water partition coefficient (Wildman–Crippen LogP) is 5.48. The summed E-state index contributed by atoms with van der Waals surface area (Å²) in [4.78, 5) is 22.2. The maximum atomic E-state index is 10.6. The Bertz CT molecular complexity index is 1300. The zero-order valence-electron chi connectivity index (χ0n) is 22.8. The molecule has 10 nitrogen and oxygen atoms in total. The predicted molar refractivity (Wildman–Crippen MR) is 144 cm³/mol. The van der Waals surface area contributed by atoms with Gasteiger partial charge in [-0.15, -0.1) is 0 Å². The Morgan fingerprint density at radius 1 is 1.13 bits per heavy atom. The molecule has 1 saturated carbocycles. The van der Waals surface area contributed by atoms with E-state index in [9.17, 15) is 4.79 Å². The number of hydrogen-bond acceptors (Lipinski definition) is 9. The van der Waals surface area contributed by atoms with Crippen molar-refractivity contribution < 1.29 is 28.6 Å². The summed E-state index contributed by atoms with van der Waals surface area (Å²) in [5, 5.41) is 13.0. The Morgan fingerprint density at radius 3 is 2.64 bits per heavy atom. The average Bonchev–Trinajstić information content (AvgIpc) is 3.62. The molecule has 1 N–H and O–H groups in total. The van der Waals surface area contributed by atoms with Crippen LogP contribution in [0.2, 0.25) is 0 Å². The van der Waals surface area contributed by atoms with Crippen LogP contribution in [0.25, 0.3) is 22.8 Å². The highest BCUT2D eigenvalue weighted by Crippen LogP contribution is 2.36. The van der Waals surface area contributed by atoms with E-state index >= 15 is 0 Å². The van der Waals surface area contributed by atoms with Crippen molar-refractivity contribution in [2.75, 3.05) is 33.4 Å². The largest absolute Gasteiger partial charge is 0.506 e. The number of rotatable bonds is 11. The Morgan fingerprint density at radius 2 is 1.92 bits per heavy atom. The third kappa shape index (κ3) is 6.33. The fraction of sp³-hybridized carbons (Fsp3) is 0.517. The van der Waals surface area contributed by atoms with Gasteiger partial charge < -0.3 is 23.8 Å². The van der Waals surface area contributed by atoms with Crippen LogP contribution in [-0.4, -0.2) is 70.7 Å². The van der Waals surface area contributed by atoms with Crippen LogP contribution in [0, 0.1) is 6.92 Å². The standard InChI is InChI=1S/C29H36N4O6/c1-4-19-13-21(12-18(2)26(19)37-11-7-10-33-16-23(17-33)38-29(34)35)27-31-28(39-32-27)22-14-24(20-8-5-6-9-20)30-25(15-22)36-3/h12-15,20,23H,4-11,16-17H2,1-3H3,(H,34,35). The molecule has 3 aromatic rings. The molecule has 5 rings (SSSR count). The van der Waals surface area contributed by atoms with Crippen LogP contribution >= 0.6 is 0 Å². The van der Waals surface area contributed by atoms with Crippen LogP contribution in [0.1, 0.15) is 61.8 Å². The summed E-state index contributed by atoms with van der Waals surface area (Å²) in [7, 11) is 1.63. The molecule has 0 amide bonds. The molecule has 1 aliphatic heterocycles. The number of carbonyl (C=O) groups is 1. The van der Waals surface area contributed by atoms with Gasteiger partial charge in [0.15, 0.2) is 0 Å². The summed E-state index contributed by atoms with van der Waals surface area (Å²) in [5.74, 6) is 2.87. The number of aromatic nitrogens is 3. The smallest absolute Gasteiger partial charge is 0.493 e. The molecular formula is C29H36N4O6. The van der Waals surface area contributed by atoms with Crippen molar-refractivity contribution in [3.8, 4) is 34.5 Å². The van der Waals surface area contributed by atoms with Gasteiger partial charge in [-0.2, -0.15) is 4.98 Å². The number of nitrogens with zero attached hydrogens (tertiary/aromatic N) is 4. The monoisotopic (exact) mass is 536 g/mol. The van der Waals surface area contributed by atoms with Gasteiger partial charge in [0, 0.05) is 48.4 Å². The average molecular weight is 537 g/mol. The normalized spacial score (nSPS) is 16.3. The first-order valence-electron chi connectivity index (χ1n) is 13.7. The fourth-order valence-electron chi connectivity index (χ4n) is 5.47. The number of ether oxygens (including phenoxy) is 3. The van der Waals surface area contributed by atoms with E-state index in [1.54, 1.807) is 7.11 Å². The number of hydrogen-bond donors (Lipinski definition) is 1. The zero-order chi connectivity index (χ0) is 27.4. The van der Waals surface area contributed by atoms with Crippen LogP contribution in [-0.2, 0) is 11.2 Å². The van der Waals surface area contributed by atoms with Crippen LogP contribution < -0.4 is 9.47 Å². The molecule has 3 heterocycles. The summed E-state index contributed by atoms with van der Waals surface area (Å²) < 4.78 is 22.1. The molecule has 208 valence electrons. The molecule has 1 aliphatic carbocycles. The molecular weight excluding hydrogens is 500 g/mol. The first-order valence-corrected chi connectivity index (χ1v) is 13.7. The van der Waals surface area contributed by atoms with Crippen molar-refractivity contribution in [2.45, 2.75) is 64.4 Å². The highest BCUT2D eigenvalue weighted by Gasteiger charge is 2.29. The first-order chi connectivity index (χ1) is 18.9. The molecule has 0 atom stereocenters. The molecule has 2 aromatic heterocycles. The minimum atomic E-state index is -1.21. The summed E-state index contributed by atoms with van der Waals surface area (Å²) in [6, 6.07) is 7.99. The number of pyridine rings is 1. The van der Waals surface area contributed by atoms with Crippen LogP contribution in [0.5, 0.6) is 11.6 Å². The minimum Gasteiger partial charge on any atom is -0.493 e. The van der Waals surface area contributed by atoms with Crippen LogP contribution in [0.4, 0.5) is 4.79 Å². The van der Waals surface area contributed by atoms with Crippen LogP contribution in [0.3, 0.4) is 0 Å². The van der Waals surface area contributed by atoms with E-state index in [4.69, 9.17) is 28.8 Å². The second-order valence-electron chi connectivity index (χ2n) is 10.3. The highest BCUT2D eigenvalue weighted by atomic mass is 16.7. The van der Waals surface area contributed by atoms with Crippen molar-refractivity contribution >= 4 is 6.16 Å². The van der Waals surface area contributed by atoms with E-state index in [2.05, 4.69) is 34.1 Å². The van der Waals surface area contributed by atoms with Gasteiger partial charge in [-0.25, -0.2) is 9.78 Å². The summed E-state index contributed by atoms with van der Waals surface area (Å²) in [6.07, 6.45) is 4.96. The third-order valence-corrected chi connectivity index (χ3v) is 7.52. The first kappa shape index (κ1) is 26.9. The Labute approximate surface area is 228 Å². The fourth-order valence-corrected chi connectivity index (χ4v) is 5.47.